The Balaban J connectivity index is 1.81. The van der Waals surface area contributed by atoms with E-state index in [2.05, 4.69) is 15.5 Å². The van der Waals surface area contributed by atoms with Crippen molar-refractivity contribution in [3.05, 3.63) is 11.7 Å². The molecule has 0 aromatic carbocycles. The maximum absolute atomic E-state index is 12.1. The van der Waals surface area contributed by atoms with Crippen molar-refractivity contribution < 1.29 is 24.0 Å². The number of likely N-dealkylation sites (tertiary alicyclic amines) is 1. The van der Waals surface area contributed by atoms with Gasteiger partial charge in [-0.05, 0) is 25.7 Å². The minimum absolute atomic E-state index is 0.0251. The molecule has 3 amide bonds. The Hall–Kier alpha value is -2.69. The number of nitrogens with one attached hydrogen (secondary N) is 1. The summed E-state index contributed by atoms with van der Waals surface area (Å²) in [4.78, 5) is 39.2. The molecule has 1 aliphatic rings. The number of rotatable bonds is 8. The van der Waals surface area contributed by atoms with Crippen LogP contribution in [0.3, 0.4) is 0 Å². The number of nitrogens with zero attached hydrogens (tertiary/aromatic N) is 3. The third kappa shape index (κ3) is 5.14. The van der Waals surface area contributed by atoms with Crippen molar-refractivity contribution in [2.75, 3.05) is 6.54 Å². The third-order valence-electron chi connectivity index (χ3n) is 3.94. The van der Waals surface area contributed by atoms with Gasteiger partial charge >= 0.3 is 12.0 Å². The zero-order chi connectivity index (χ0) is 18.4. The highest BCUT2D eigenvalue weighted by Gasteiger charge is 2.34. The molecule has 0 aliphatic carbocycles. The van der Waals surface area contributed by atoms with Gasteiger partial charge in [-0.1, -0.05) is 5.16 Å². The average molecular weight is 354 g/mol. The second-order valence-corrected chi connectivity index (χ2v) is 5.86. The number of carboxylic acids is 1. The first kappa shape index (κ1) is 18.6. The lowest BCUT2D eigenvalue weighted by molar-refractivity contribution is -0.141. The quantitative estimate of drug-likeness (QED) is 0.481. The Bertz CT molecular complexity index is 633. The Kier molecular flexibility index (Phi) is 6.28. The van der Waals surface area contributed by atoms with Gasteiger partial charge in [-0.3, -0.25) is 4.79 Å². The molecular weight excluding hydrogens is 332 g/mol. The zero-order valence-electron chi connectivity index (χ0n) is 13.7. The van der Waals surface area contributed by atoms with Crippen molar-refractivity contribution in [1.29, 1.82) is 0 Å². The highest BCUT2D eigenvalue weighted by atomic mass is 16.5. The molecule has 25 heavy (non-hydrogen) atoms. The van der Waals surface area contributed by atoms with Crippen molar-refractivity contribution in [3.8, 4) is 0 Å². The molecule has 2 heterocycles. The number of aliphatic carboxylic acids is 1. The Morgan fingerprint density at radius 3 is 2.88 bits per heavy atom. The van der Waals surface area contributed by atoms with E-state index < -0.39 is 30.0 Å². The normalized spacial score (nSPS) is 18.1. The first-order chi connectivity index (χ1) is 11.9. The molecular formula is C14H22N6O5. The van der Waals surface area contributed by atoms with Crippen LogP contribution in [0, 0.1) is 0 Å². The monoisotopic (exact) mass is 354 g/mol. The van der Waals surface area contributed by atoms with Gasteiger partial charge in [-0.15, -0.1) is 0 Å². The molecule has 1 aromatic heterocycles. The number of nitrogens with two attached hydrogens (primary N) is 2. The minimum Gasteiger partial charge on any atom is -0.480 e. The van der Waals surface area contributed by atoms with E-state index in [-0.39, 0.29) is 24.7 Å². The SMILES string of the molecule is NC(=O)CCC[C@H](N)c1noc(CNC(=O)N2CCCC2C(=O)O)n1. The van der Waals surface area contributed by atoms with Crippen LogP contribution in [0.5, 0.6) is 0 Å². The lowest BCUT2D eigenvalue weighted by Gasteiger charge is -2.21. The van der Waals surface area contributed by atoms with Gasteiger partial charge in [0.25, 0.3) is 0 Å². The second-order valence-electron chi connectivity index (χ2n) is 5.86. The molecule has 1 unspecified atom stereocenters. The number of urea groups is 1. The van der Waals surface area contributed by atoms with Gasteiger partial charge in [-0.2, -0.15) is 4.98 Å². The smallest absolute Gasteiger partial charge is 0.326 e. The topological polar surface area (TPSA) is 178 Å². The van der Waals surface area contributed by atoms with E-state index in [9.17, 15) is 14.4 Å². The van der Waals surface area contributed by atoms with Gasteiger partial charge in [-0.25, -0.2) is 9.59 Å². The van der Waals surface area contributed by atoms with E-state index in [1.54, 1.807) is 0 Å². The van der Waals surface area contributed by atoms with Gasteiger partial charge in [0.2, 0.25) is 11.8 Å². The van der Waals surface area contributed by atoms with Crippen LogP contribution < -0.4 is 16.8 Å². The first-order valence-electron chi connectivity index (χ1n) is 8.02. The van der Waals surface area contributed by atoms with E-state index in [1.807, 2.05) is 0 Å². The van der Waals surface area contributed by atoms with Crippen molar-refractivity contribution in [3.63, 3.8) is 0 Å². The summed E-state index contributed by atoms with van der Waals surface area (Å²) in [6.45, 7) is 0.366. The predicted molar refractivity (Wildman–Crippen MR) is 83.9 cm³/mol. The van der Waals surface area contributed by atoms with E-state index >= 15 is 0 Å². The number of carbonyl (C=O) groups excluding carboxylic acids is 2. The van der Waals surface area contributed by atoms with Crippen LogP contribution >= 0.6 is 0 Å². The summed E-state index contributed by atoms with van der Waals surface area (Å²) in [5, 5.41) is 15.4. The highest BCUT2D eigenvalue weighted by Crippen LogP contribution is 2.17. The van der Waals surface area contributed by atoms with Crippen molar-refractivity contribution >= 4 is 17.9 Å². The van der Waals surface area contributed by atoms with Crippen molar-refractivity contribution in [1.82, 2.24) is 20.4 Å². The highest BCUT2D eigenvalue weighted by molar-refractivity contribution is 5.83. The maximum atomic E-state index is 12.1. The summed E-state index contributed by atoms with van der Waals surface area (Å²) in [5.74, 6) is -0.974. The molecule has 2 rings (SSSR count). The third-order valence-corrected chi connectivity index (χ3v) is 3.94. The van der Waals surface area contributed by atoms with Crippen LogP contribution in [-0.2, 0) is 16.1 Å². The maximum Gasteiger partial charge on any atom is 0.326 e. The second kappa shape index (κ2) is 8.42. The molecule has 11 heteroatoms. The number of aromatic nitrogens is 2. The van der Waals surface area contributed by atoms with E-state index in [1.165, 1.54) is 4.90 Å². The lowest BCUT2D eigenvalue weighted by Crippen LogP contribution is -2.45. The molecule has 1 saturated heterocycles. The molecule has 0 bridgehead atoms. The number of amides is 3. The van der Waals surface area contributed by atoms with Crippen molar-refractivity contribution in [2.45, 2.75) is 50.7 Å². The molecule has 2 atom stereocenters. The fraction of sp³-hybridized carbons (Fsp3) is 0.643. The molecule has 1 aliphatic heterocycles. The molecule has 0 saturated carbocycles. The molecule has 0 radical (unpaired) electrons. The van der Waals surface area contributed by atoms with Crippen LogP contribution in [0.4, 0.5) is 4.79 Å². The number of hydrogen-bond donors (Lipinski definition) is 4. The molecule has 1 fully saturated rings. The van der Waals surface area contributed by atoms with Gasteiger partial charge in [0, 0.05) is 13.0 Å². The molecule has 1 aromatic rings. The summed E-state index contributed by atoms with van der Waals surface area (Å²) in [5.41, 5.74) is 11.0. The average Bonchev–Trinajstić information content (AvgIpc) is 3.21. The van der Waals surface area contributed by atoms with Crippen LogP contribution in [-0.4, -0.2) is 50.6 Å². The number of carbonyl (C=O) groups is 3. The number of hydrogen-bond acceptors (Lipinski definition) is 7. The van der Waals surface area contributed by atoms with Crippen LogP contribution in [0.2, 0.25) is 0 Å². The first-order valence-corrected chi connectivity index (χ1v) is 8.02. The van der Waals surface area contributed by atoms with Crippen LogP contribution in [0.1, 0.15) is 49.9 Å². The van der Waals surface area contributed by atoms with E-state index in [0.717, 1.165) is 0 Å². The Morgan fingerprint density at radius 2 is 2.20 bits per heavy atom. The summed E-state index contributed by atoms with van der Waals surface area (Å²) in [6.07, 6.45) is 2.31. The predicted octanol–water partition coefficient (Wildman–Crippen LogP) is -0.516. The summed E-state index contributed by atoms with van der Waals surface area (Å²) in [6, 6.07) is -1.80. The molecule has 138 valence electrons. The minimum atomic E-state index is -1.02. The van der Waals surface area contributed by atoms with Gasteiger partial charge in [0.1, 0.15) is 6.04 Å². The fourth-order valence-corrected chi connectivity index (χ4v) is 2.64. The van der Waals surface area contributed by atoms with Crippen molar-refractivity contribution in [2.24, 2.45) is 11.5 Å². The summed E-state index contributed by atoms with van der Waals surface area (Å²) >= 11 is 0. The summed E-state index contributed by atoms with van der Waals surface area (Å²) < 4.78 is 5.02. The fourth-order valence-electron chi connectivity index (χ4n) is 2.64. The van der Waals surface area contributed by atoms with Gasteiger partial charge in [0.05, 0.1) is 12.6 Å². The van der Waals surface area contributed by atoms with E-state index in [4.69, 9.17) is 21.1 Å². The lowest BCUT2D eigenvalue weighted by atomic mass is 10.1. The van der Waals surface area contributed by atoms with Crippen LogP contribution in [0.25, 0.3) is 0 Å². The summed E-state index contributed by atoms with van der Waals surface area (Å²) in [7, 11) is 0. The molecule has 0 spiro atoms. The van der Waals surface area contributed by atoms with Crippen LogP contribution in [0.15, 0.2) is 4.52 Å². The Morgan fingerprint density at radius 1 is 1.44 bits per heavy atom. The van der Waals surface area contributed by atoms with Gasteiger partial charge < -0.3 is 31.3 Å². The van der Waals surface area contributed by atoms with Gasteiger partial charge in [0.15, 0.2) is 5.82 Å². The zero-order valence-corrected chi connectivity index (χ0v) is 13.7. The largest absolute Gasteiger partial charge is 0.480 e. The standard InChI is InChI=1S/C14H22N6O5/c15-8(3-1-5-10(16)21)12-18-11(25-19-12)7-17-14(24)20-6-2-4-9(20)13(22)23/h8-9H,1-7,15H2,(H2,16,21)(H,17,24)(H,22,23)/t8-,9?/m0/s1. The Labute approximate surface area is 143 Å². The number of primary amides is 1. The number of carboxylic acid groups (broad SMARTS) is 1. The van der Waals surface area contributed by atoms with E-state index in [0.29, 0.717) is 32.2 Å². The molecule has 6 N–H and O–H groups in total. The molecule has 11 nitrogen and oxygen atoms in total.